The van der Waals surface area contributed by atoms with Gasteiger partial charge in [0, 0.05) is 18.9 Å². The molecule has 0 unspecified atom stereocenters. The zero-order valence-electron chi connectivity index (χ0n) is 8.83. The Kier molecular flexibility index (Phi) is 2.46. The molecule has 0 saturated heterocycles. The summed E-state index contributed by atoms with van der Waals surface area (Å²) < 4.78 is 5.27. The monoisotopic (exact) mass is 203 g/mol. The Morgan fingerprint density at radius 3 is 2.80 bits per heavy atom. The number of benzene rings is 1. The number of carbonyl (C=O) groups is 1. The molecule has 2 rings (SSSR count). The van der Waals surface area contributed by atoms with E-state index >= 15 is 0 Å². The molecular weight excluding hydrogens is 190 g/mol. The second kappa shape index (κ2) is 3.77. The fourth-order valence-corrected chi connectivity index (χ4v) is 1.82. The molecule has 3 nitrogen and oxygen atoms in total. The lowest BCUT2D eigenvalue weighted by atomic mass is 10.1. The second-order valence-electron chi connectivity index (χ2n) is 3.52. The molecule has 1 aromatic rings. The van der Waals surface area contributed by atoms with Gasteiger partial charge >= 0.3 is 0 Å². The summed E-state index contributed by atoms with van der Waals surface area (Å²) in [5.74, 6) is 0.752. The standard InChI is InChI=1S/C12H13NO2/c1-8(14)13-12-10-6-4-3-5-9(10)7-11(12)15-2/h3-6H,7H2,1-2H3,(H,13,14). The molecule has 0 radical (unpaired) electrons. The molecule has 0 aliphatic heterocycles. The number of rotatable bonds is 2. The van der Waals surface area contributed by atoms with Crippen LogP contribution in [0.1, 0.15) is 18.1 Å². The van der Waals surface area contributed by atoms with Crippen LogP contribution in [-0.2, 0) is 16.0 Å². The highest BCUT2D eigenvalue weighted by molar-refractivity contribution is 5.88. The molecule has 15 heavy (non-hydrogen) atoms. The first-order valence-electron chi connectivity index (χ1n) is 4.85. The minimum atomic E-state index is -0.0729. The number of carbonyl (C=O) groups excluding carboxylic acids is 1. The topological polar surface area (TPSA) is 38.3 Å². The Labute approximate surface area is 88.8 Å². The summed E-state index contributed by atoms with van der Waals surface area (Å²) in [5, 5.41) is 2.81. The van der Waals surface area contributed by atoms with Crippen molar-refractivity contribution in [2.75, 3.05) is 7.11 Å². The first kappa shape index (κ1) is 9.77. The largest absolute Gasteiger partial charge is 0.499 e. The van der Waals surface area contributed by atoms with E-state index in [1.807, 2.05) is 24.3 Å². The molecule has 0 bridgehead atoms. The summed E-state index contributed by atoms with van der Waals surface area (Å²) in [6, 6.07) is 7.98. The van der Waals surface area contributed by atoms with Crippen LogP contribution in [0, 0.1) is 0 Å². The number of allylic oxidation sites excluding steroid dienone is 1. The number of ether oxygens (including phenoxy) is 1. The fraction of sp³-hybridized carbons (Fsp3) is 0.250. The first-order chi connectivity index (χ1) is 7.22. The molecule has 1 aliphatic carbocycles. The van der Waals surface area contributed by atoms with Crippen LogP contribution < -0.4 is 5.32 Å². The van der Waals surface area contributed by atoms with E-state index in [2.05, 4.69) is 5.32 Å². The van der Waals surface area contributed by atoms with Gasteiger partial charge in [0.15, 0.2) is 0 Å². The zero-order chi connectivity index (χ0) is 10.8. The highest BCUT2D eigenvalue weighted by Crippen LogP contribution is 2.30. The van der Waals surface area contributed by atoms with Crippen molar-refractivity contribution in [2.24, 2.45) is 0 Å². The van der Waals surface area contributed by atoms with Crippen molar-refractivity contribution < 1.29 is 9.53 Å². The summed E-state index contributed by atoms with van der Waals surface area (Å²) in [5.41, 5.74) is 3.06. The fourth-order valence-electron chi connectivity index (χ4n) is 1.82. The molecule has 78 valence electrons. The molecule has 0 spiro atoms. The minimum Gasteiger partial charge on any atom is -0.499 e. The van der Waals surface area contributed by atoms with Gasteiger partial charge < -0.3 is 10.1 Å². The van der Waals surface area contributed by atoms with Gasteiger partial charge in [0.25, 0.3) is 0 Å². The third-order valence-corrected chi connectivity index (χ3v) is 2.46. The maximum atomic E-state index is 11.1. The minimum absolute atomic E-state index is 0.0729. The lowest BCUT2D eigenvalue weighted by molar-refractivity contribution is -0.117. The summed E-state index contributed by atoms with van der Waals surface area (Å²) in [7, 11) is 1.63. The van der Waals surface area contributed by atoms with E-state index in [1.165, 1.54) is 12.5 Å². The van der Waals surface area contributed by atoms with E-state index in [0.717, 1.165) is 23.4 Å². The van der Waals surface area contributed by atoms with Gasteiger partial charge in [-0.15, -0.1) is 0 Å². The van der Waals surface area contributed by atoms with Gasteiger partial charge in [0.2, 0.25) is 5.91 Å². The third kappa shape index (κ3) is 1.73. The predicted molar refractivity (Wildman–Crippen MR) is 57.9 cm³/mol. The molecule has 1 aliphatic rings. The van der Waals surface area contributed by atoms with Crippen LogP contribution in [0.25, 0.3) is 5.70 Å². The number of methoxy groups -OCH3 is 1. The highest BCUT2D eigenvalue weighted by atomic mass is 16.5. The maximum Gasteiger partial charge on any atom is 0.221 e. The number of hydrogen-bond acceptors (Lipinski definition) is 2. The number of amides is 1. The van der Waals surface area contributed by atoms with Crippen LogP contribution in [0.4, 0.5) is 0 Å². The van der Waals surface area contributed by atoms with Crippen LogP contribution in [0.15, 0.2) is 30.0 Å². The van der Waals surface area contributed by atoms with Crippen LogP contribution in [0.5, 0.6) is 0 Å². The summed E-state index contributed by atoms with van der Waals surface area (Å²) >= 11 is 0. The van der Waals surface area contributed by atoms with E-state index in [9.17, 15) is 4.79 Å². The van der Waals surface area contributed by atoms with Crippen molar-refractivity contribution in [1.29, 1.82) is 0 Å². The quantitative estimate of drug-likeness (QED) is 0.794. The molecular formula is C12H13NO2. The Morgan fingerprint density at radius 2 is 2.13 bits per heavy atom. The summed E-state index contributed by atoms with van der Waals surface area (Å²) in [6.07, 6.45) is 0.752. The summed E-state index contributed by atoms with van der Waals surface area (Å²) in [4.78, 5) is 11.1. The predicted octanol–water partition coefficient (Wildman–Crippen LogP) is 1.69. The van der Waals surface area contributed by atoms with Gasteiger partial charge in [-0.1, -0.05) is 24.3 Å². The van der Waals surface area contributed by atoms with Crippen molar-refractivity contribution in [3.8, 4) is 0 Å². The van der Waals surface area contributed by atoms with Gasteiger partial charge in [-0.2, -0.15) is 0 Å². The average Bonchev–Trinajstić information content (AvgIpc) is 2.56. The van der Waals surface area contributed by atoms with Gasteiger partial charge in [-0.3, -0.25) is 4.79 Å². The van der Waals surface area contributed by atoms with Crippen LogP contribution in [-0.4, -0.2) is 13.0 Å². The van der Waals surface area contributed by atoms with Gasteiger partial charge in [0.1, 0.15) is 5.76 Å². The summed E-state index contributed by atoms with van der Waals surface area (Å²) in [6.45, 7) is 1.50. The Balaban J connectivity index is 2.42. The Morgan fingerprint density at radius 1 is 1.40 bits per heavy atom. The number of nitrogens with one attached hydrogen (secondary N) is 1. The molecule has 0 atom stereocenters. The van der Waals surface area contributed by atoms with Gasteiger partial charge in [0.05, 0.1) is 12.8 Å². The van der Waals surface area contributed by atoms with Gasteiger partial charge in [-0.05, 0) is 5.56 Å². The van der Waals surface area contributed by atoms with E-state index in [-0.39, 0.29) is 5.91 Å². The molecule has 0 heterocycles. The van der Waals surface area contributed by atoms with E-state index in [1.54, 1.807) is 7.11 Å². The van der Waals surface area contributed by atoms with Crippen molar-refractivity contribution in [3.63, 3.8) is 0 Å². The van der Waals surface area contributed by atoms with Crippen LogP contribution in [0.2, 0.25) is 0 Å². The molecule has 0 aromatic heterocycles. The van der Waals surface area contributed by atoms with Crippen molar-refractivity contribution in [2.45, 2.75) is 13.3 Å². The SMILES string of the molecule is COC1=C(NC(C)=O)c2ccccc2C1. The van der Waals surface area contributed by atoms with Crippen LogP contribution in [0.3, 0.4) is 0 Å². The zero-order valence-corrected chi connectivity index (χ0v) is 8.83. The maximum absolute atomic E-state index is 11.1. The van der Waals surface area contributed by atoms with Gasteiger partial charge in [-0.25, -0.2) is 0 Å². The molecule has 0 fully saturated rings. The molecule has 1 N–H and O–H groups in total. The molecule has 1 amide bonds. The average molecular weight is 203 g/mol. The van der Waals surface area contributed by atoms with E-state index in [4.69, 9.17) is 4.74 Å². The van der Waals surface area contributed by atoms with Crippen molar-refractivity contribution in [1.82, 2.24) is 5.32 Å². The molecule has 3 heteroatoms. The number of hydrogen-bond donors (Lipinski definition) is 1. The first-order valence-corrected chi connectivity index (χ1v) is 4.85. The Hall–Kier alpha value is -1.77. The Bertz CT molecular complexity index is 435. The second-order valence-corrected chi connectivity index (χ2v) is 3.52. The van der Waals surface area contributed by atoms with E-state index < -0.39 is 0 Å². The van der Waals surface area contributed by atoms with Crippen LogP contribution >= 0.6 is 0 Å². The normalized spacial score (nSPS) is 13.7. The smallest absolute Gasteiger partial charge is 0.221 e. The van der Waals surface area contributed by atoms with E-state index in [0.29, 0.717) is 0 Å². The lowest BCUT2D eigenvalue weighted by Gasteiger charge is -2.07. The highest BCUT2D eigenvalue weighted by Gasteiger charge is 2.22. The molecule has 1 aromatic carbocycles. The third-order valence-electron chi connectivity index (χ3n) is 2.46. The van der Waals surface area contributed by atoms with Crippen molar-refractivity contribution >= 4 is 11.6 Å². The lowest BCUT2D eigenvalue weighted by Crippen LogP contribution is -2.18. The van der Waals surface area contributed by atoms with Crippen molar-refractivity contribution in [3.05, 3.63) is 41.2 Å². The number of fused-ring (bicyclic) bond motifs is 1. The molecule has 0 saturated carbocycles.